The minimum atomic E-state index is -3.81. The average molecular weight is 535 g/mol. The predicted molar refractivity (Wildman–Crippen MR) is 134 cm³/mol. The van der Waals surface area contributed by atoms with Gasteiger partial charge in [-0.1, -0.05) is 11.3 Å². The van der Waals surface area contributed by atoms with Gasteiger partial charge in [-0.15, -0.1) is 5.10 Å². The Morgan fingerprint density at radius 1 is 0.917 bits per heavy atom. The Morgan fingerprint density at radius 2 is 1.56 bits per heavy atom. The first-order valence-electron chi connectivity index (χ1n) is 11.6. The number of sulfonamides is 2. The quantitative estimate of drug-likeness (QED) is 0.433. The molecule has 2 aromatic carbocycles. The van der Waals surface area contributed by atoms with E-state index in [1.165, 1.54) is 32.9 Å². The van der Waals surface area contributed by atoms with Gasteiger partial charge in [0.1, 0.15) is 18.1 Å². The number of ether oxygens (including phenoxy) is 1. The number of aromatic nitrogens is 3. The van der Waals surface area contributed by atoms with Crippen molar-refractivity contribution in [3.8, 4) is 5.75 Å². The highest BCUT2D eigenvalue weighted by Gasteiger charge is 2.31. The van der Waals surface area contributed by atoms with Gasteiger partial charge >= 0.3 is 0 Å². The molecular formula is C23H30N6O5S2. The average Bonchev–Trinajstić information content (AvgIpc) is 3.18. The Morgan fingerprint density at radius 3 is 2.14 bits per heavy atom. The molecule has 0 bridgehead atoms. The molecule has 13 heteroatoms. The molecule has 4 rings (SSSR count). The van der Waals surface area contributed by atoms with E-state index in [0.717, 1.165) is 0 Å². The van der Waals surface area contributed by atoms with Crippen LogP contribution < -0.4 is 10.5 Å². The van der Waals surface area contributed by atoms with Crippen molar-refractivity contribution in [3.05, 3.63) is 60.4 Å². The fraction of sp³-hybridized carbons (Fsp3) is 0.391. The molecule has 3 aromatic rings. The summed E-state index contributed by atoms with van der Waals surface area (Å²) >= 11 is 0. The largest absolute Gasteiger partial charge is 0.487 e. The van der Waals surface area contributed by atoms with Crippen LogP contribution in [-0.4, -0.2) is 66.6 Å². The number of benzene rings is 2. The third kappa shape index (κ3) is 5.69. The topological polar surface area (TPSA) is 141 Å². The summed E-state index contributed by atoms with van der Waals surface area (Å²) in [6, 6.07) is 12.4. The van der Waals surface area contributed by atoms with Gasteiger partial charge in [0.05, 0.1) is 16.0 Å². The Kier molecular flexibility index (Phi) is 7.64. The van der Waals surface area contributed by atoms with Crippen LogP contribution in [0, 0.1) is 0 Å². The predicted octanol–water partition coefficient (Wildman–Crippen LogP) is 2.11. The molecule has 2 N–H and O–H groups in total. The summed E-state index contributed by atoms with van der Waals surface area (Å²) < 4.78 is 62.6. The van der Waals surface area contributed by atoms with Crippen LogP contribution in [0.15, 0.2) is 64.5 Å². The first-order chi connectivity index (χ1) is 17.1. The maximum Gasteiger partial charge on any atom is 0.243 e. The van der Waals surface area contributed by atoms with Crippen molar-refractivity contribution in [1.29, 1.82) is 0 Å². The summed E-state index contributed by atoms with van der Waals surface area (Å²) in [6.07, 6.45) is 2.18. The zero-order valence-corrected chi connectivity index (χ0v) is 21.8. The van der Waals surface area contributed by atoms with Gasteiger partial charge in [-0.2, -0.15) is 8.61 Å². The maximum atomic E-state index is 13.2. The molecule has 0 radical (unpaired) electrons. The van der Waals surface area contributed by atoms with Gasteiger partial charge in [0.25, 0.3) is 0 Å². The van der Waals surface area contributed by atoms with E-state index >= 15 is 0 Å². The van der Waals surface area contributed by atoms with E-state index < -0.39 is 20.0 Å². The monoisotopic (exact) mass is 534 g/mol. The minimum Gasteiger partial charge on any atom is -0.487 e. The van der Waals surface area contributed by atoms with E-state index in [1.54, 1.807) is 35.1 Å². The maximum absolute atomic E-state index is 13.2. The zero-order valence-electron chi connectivity index (χ0n) is 20.2. The molecule has 1 fully saturated rings. The molecule has 0 atom stereocenters. The van der Waals surface area contributed by atoms with Gasteiger partial charge in [0.15, 0.2) is 0 Å². The van der Waals surface area contributed by atoms with Crippen LogP contribution in [0.1, 0.15) is 32.0 Å². The van der Waals surface area contributed by atoms with Crippen LogP contribution in [0.2, 0.25) is 0 Å². The van der Waals surface area contributed by atoms with Gasteiger partial charge in [-0.25, -0.2) is 21.5 Å². The third-order valence-corrected chi connectivity index (χ3v) is 9.65. The summed E-state index contributed by atoms with van der Waals surface area (Å²) in [5.41, 5.74) is 6.76. The molecule has 0 amide bonds. The summed E-state index contributed by atoms with van der Waals surface area (Å²) in [4.78, 5) is 0.217. The van der Waals surface area contributed by atoms with Gasteiger partial charge in [-0.3, -0.25) is 0 Å². The van der Waals surface area contributed by atoms with Crippen LogP contribution in [0.4, 0.5) is 5.69 Å². The van der Waals surface area contributed by atoms with E-state index in [2.05, 4.69) is 10.3 Å². The molecule has 0 aliphatic carbocycles. The Hall–Kier alpha value is -3.00. The SMILES string of the molecule is CC(C)n1cc(COc2ccc(S(=O)(=O)N3CCCN(S(=O)(=O)c4cccc(N)c4)CC3)cc2)nn1. The van der Waals surface area contributed by atoms with E-state index in [1.807, 2.05) is 13.8 Å². The third-order valence-electron chi connectivity index (χ3n) is 5.84. The highest BCUT2D eigenvalue weighted by atomic mass is 32.2. The molecule has 1 saturated heterocycles. The van der Waals surface area contributed by atoms with Crippen molar-refractivity contribution in [2.24, 2.45) is 0 Å². The number of nitrogens with two attached hydrogens (primary N) is 1. The fourth-order valence-electron chi connectivity index (χ4n) is 3.82. The Labute approximate surface area is 211 Å². The van der Waals surface area contributed by atoms with Gasteiger partial charge in [0, 0.05) is 37.9 Å². The molecule has 11 nitrogen and oxygen atoms in total. The lowest BCUT2D eigenvalue weighted by Gasteiger charge is -2.22. The van der Waals surface area contributed by atoms with Gasteiger partial charge in [0.2, 0.25) is 20.0 Å². The molecule has 0 saturated carbocycles. The van der Waals surface area contributed by atoms with Crippen LogP contribution in [-0.2, 0) is 26.7 Å². The van der Waals surface area contributed by atoms with Crippen molar-refractivity contribution in [2.45, 2.75) is 42.7 Å². The second-order valence-corrected chi connectivity index (χ2v) is 12.7. The lowest BCUT2D eigenvalue weighted by molar-refractivity contribution is 0.301. The van der Waals surface area contributed by atoms with Crippen molar-refractivity contribution in [1.82, 2.24) is 23.6 Å². The van der Waals surface area contributed by atoms with Crippen molar-refractivity contribution in [2.75, 3.05) is 31.9 Å². The Bertz CT molecular complexity index is 1400. The van der Waals surface area contributed by atoms with E-state index in [0.29, 0.717) is 23.6 Å². The summed E-state index contributed by atoms with van der Waals surface area (Å²) in [7, 11) is -7.58. The lowest BCUT2D eigenvalue weighted by atomic mass is 10.3. The Balaban J connectivity index is 1.40. The molecule has 194 valence electrons. The summed E-state index contributed by atoms with van der Waals surface area (Å²) in [5.74, 6) is 0.503. The van der Waals surface area contributed by atoms with E-state index in [-0.39, 0.29) is 48.6 Å². The first-order valence-corrected chi connectivity index (χ1v) is 14.4. The number of anilines is 1. The number of nitrogen functional groups attached to an aromatic ring is 1. The number of nitrogens with zero attached hydrogens (tertiary/aromatic N) is 5. The molecular weight excluding hydrogens is 504 g/mol. The summed E-state index contributed by atoms with van der Waals surface area (Å²) in [5, 5.41) is 8.09. The fourth-order valence-corrected chi connectivity index (χ4v) is 6.82. The van der Waals surface area contributed by atoms with Crippen LogP contribution in [0.5, 0.6) is 5.75 Å². The molecule has 1 aromatic heterocycles. The van der Waals surface area contributed by atoms with Crippen LogP contribution in [0.3, 0.4) is 0 Å². The molecule has 2 heterocycles. The molecule has 0 spiro atoms. The van der Waals surface area contributed by atoms with Crippen molar-refractivity contribution >= 4 is 25.7 Å². The van der Waals surface area contributed by atoms with Gasteiger partial charge in [-0.05, 0) is 62.7 Å². The highest BCUT2D eigenvalue weighted by Crippen LogP contribution is 2.24. The van der Waals surface area contributed by atoms with Crippen LogP contribution >= 0.6 is 0 Å². The van der Waals surface area contributed by atoms with Gasteiger partial charge < -0.3 is 10.5 Å². The second kappa shape index (κ2) is 10.5. The smallest absolute Gasteiger partial charge is 0.243 e. The van der Waals surface area contributed by atoms with E-state index in [9.17, 15) is 16.8 Å². The normalized spacial score (nSPS) is 16.2. The number of rotatable bonds is 8. The molecule has 1 aliphatic heterocycles. The highest BCUT2D eigenvalue weighted by molar-refractivity contribution is 7.89. The standard InChI is InChI=1S/C23H30N6O5S2/c1-18(2)29-16-20(25-26-29)17-34-21-7-9-22(10-8-21)35(30,31)27-11-4-12-28(14-13-27)36(32,33)23-6-3-5-19(24)15-23/h3,5-10,15-16,18H,4,11-14,17,24H2,1-2H3. The minimum absolute atomic E-state index is 0.0492. The van der Waals surface area contributed by atoms with Crippen molar-refractivity contribution in [3.63, 3.8) is 0 Å². The first kappa shape index (κ1) is 26.1. The number of hydrogen-bond acceptors (Lipinski definition) is 8. The van der Waals surface area contributed by atoms with Crippen molar-refractivity contribution < 1.29 is 21.6 Å². The second-order valence-electron chi connectivity index (χ2n) is 8.78. The molecule has 36 heavy (non-hydrogen) atoms. The zero-order chi connectivity index (χ0) is 25.9. The molecule has 1 aliphatic rings. The summed E-state index contributed by atoms with van der Waals surface area (Å²) in [6.45, 7) is 4.74. The van der Waals surface area contributed by atoms with E-state index in [4.69, 9.17) is 10.5 Å². The lowest BCUT2D eigenvalue weighted by Crippen LogP contribution is -2.37. The molecule has 0 unspecified atom stereocenters. The van der Waals surface area contributed by atoms with Crippen LogP contribution in [0.25, 0.3) is 0 Å². The number of hydrogen-bond donors (Lipinski definition) is 1.